The Labute approximate surface area is 219 Å². The molecule has 2 aliphatic carbocycles. The van der Waals surface area contributed by atoms with Crippen LogP contribution in [0.5, 0.6) is 17.2 Å². The number of benzene rings is 1. The van der Waals surface area contributed by atoms with E-state index < -0.39 is 5.79 Å². The second-order valence-corrected chi connectivity index (χ2v) is 11.6. The molecule has 198 valence electrons. The van der Waals surface area contributed by atoms with Crippen molar-refractivity contribution in [2.24, 2.45) is 11.8 Å². The van der Waals surface area contributed by atoms with Crippen LogP contribution in [-0.2, 0) is 4.74 Å². The van der Waals surface area contributed by atoms with Crippen LogP contribution in [0.2, 0.25) is 0 Å². The van der Waals surface area contributed by atoms with E-state index in [9.17, 15) is 4.79 Å². The summed E-state index contributed by atoms with van der Waals surface area (Å²) in [6, 6.07) is 4.39. The minimum absolute atomic E-state index is 0.0253. The number of carbonyl (C=O) groups is 1. The summed E-state index contributed by atoms with van der Waals surface area (Å²) in [6.07, 6.45) is 14.7. The molecule has 0 radical (unpaired) electrons. The van der Waals surface area contributed by atoms with Gasteiger partial charge in [-0.3, -0.25) is 4.79 Å². The number of methoxy groups -OCH3 is 1. The highest BCUT2D eigenvalue weighted by Crippen LogP contribution is 2.47. The summed E-state index contributed by atoms with van der Waals surface area (Å²) in [5, 5.41) is 3.84. The number of fused-ring (bicyclic) bond motifs is 3. The number of allylic oxidation sites excluding steroid dienone is 2. The van der Waals surface area contributed by atoms with Crippen molar-refractivity contribution in [3.05, 3.63) is 53.3 Å². The number of hydrogen-bond donors (Lipinski definition) is 1. The lowest BCUT2D eigenvalue weighted by molar-refractivity contribution is -0.0439. The highest BCUT2D eigenvalue weighted by Gasteiger charge is 2.39. The molecule has 1 aromatic rings. The van der Waals surface area contributed by atoms with Crippen molar-refractivity contribution in [3.63, 3.8) is 0 Å². The minimum Gasteiger partial charge on any atom is -0.493 e. The van der Waals surface area contributed by atoms with Gasteiger partial charge in [0.2, 0.25) is 11.5 Å². The summed E-state index contributed by atoms with van der Waals surface area (Å²) in [7, 11) is 1.59. The molecule has 2 fully saturated rings. The lowest BCUT2D eigenvalue weighted by Gasteiger charge is -2.28. The second-order valence-electron chi connectivity index (χ2n) is 11.6. The molecule has 1 saturated heterocycles. The van der Waals surface area contributed by atoms with Gasteiger partial charge in [-0.2, -0.15) is 0 Å². The summed E-state index contributed by atoms with van der Waals surface area (Å²) in [6.45, 7) is 6.92. The summed E-state index contributed by atoms with van der Waals surface area (Å²) in [5.41, 5.74) is 1.70. The zero-order valence-electron chi connectivity index (χ0n) is 22.3. The SMILES string of the molecule is COc1cc(C(=O)N(CC2=CC3=CC=CC(C)C3O2)C[C@@H]2C[C@@H]3CCCC[C@@H]3N2)cc2c1OC(C)(C)O2. The Bertz CT molecular complexity index is 1150. The van der Waals surface area contributed by atoms with E-state index in [4.69, 9.17) is 18.9 Å². The van der Waals surface area contributed by atoms with E-state index in [-0.39, 0.29) is 18.1 Å². The molecule has 1 aromatic carbocycles. The zero-order valence-corrected chi connectivity index (χ0v) is 22.3. The topological polar surface area (TPSA) is 69.3 Å². The van der Waals surface area contributed by atoms with Gasteiger partial charge in [0.1, 0.15) is 11.9 Å². The molecule has 0 spiro atoms. The van der Waals surface area contributed by atoms with E-state index in [0.717, 1.165) is 12.2 Å². The molecule has 7 heteroatoms. The van der Waals surface area contributed by atoms with Gasteiger partial charge in [-0.25, -0.2) is 0 Å². The average Bonchev–Trinajstić information content (AvgIpc) is 3.56. The maximum atomic E-state index is 14.1. The number of hydrogen-bond acceptors (Lipinski definition) is 6. The zero-order chi connectivity index (χ0) is 25.7. The Morgan fingerprint density at radius 1 is 1.22 bits per heavy atom. The Hall–Kier alpha value is -2.93. The van der Waals surface area contributed by atoms with Crippen LogP contribution in [0, 0.1) is 11.8 Å². The van der Waals surface area contributed by atoms with Gasteiger partial charge < -0.3 is 29.2 Å². The van der Waals surface area contributed by atoms with E-state index in [2.05, 4.69) is 36.5 Å². The molecule has 5 atom stereocenters. The van der Waals surface area contributed by atoms with Crippen molar-refractivity contribution in [1.82, 2.24) is 10.2 Å². The predicted molar refractivity (Wildman–Crippen MR) is 141 cm³/mol. The summed E-state index contributed by atoms with van der Waals surface area (Å²) in [4.78, 5) is 16.0. The van der Waals surface area contributed by atoms with Crippen LogP contribution in [0.15, 0.2) is 47.8 Å². The molecule has 1 saturated carbocycles. The van der Waals surface area contributed by atoms with E-state index in [0.29, 0.717) is 53.8 Å². The van der Waals surface area contributed by atoms with Gasteiger partial charge >= 0.3 is 0 Å². The first-order chi connectivity index (χ1) is 17.8. The van der Waals surface area contributed by atoms with Crippen molar-refractivity contribution < 1.29 is 23.7 Å². The third-order valence-corrected chi connectivity index (χ3v) is 8.33. The summed E-state index contributed by atoms with van der Waals surface area (Å²) in [5.74, 6) is 2.56. The highest BCUT2D eigenvalue weighted by atomic mass is 16.7. The Kier molecular flexibility index (Phi) is 6.22. The molecule has 6 rings (SSSR count). The molecule has 3 aliphatic heterocycles. The van der Waals surface area contributed by atoms with E-state index in [1.54, 1.807) is 19.2 Å². The third kappa shape index (κ3) is 4.74. The molecule has 0 aromatic heterocycles. The molecule has 5 aliphatic rings. The monoisotopic (exact) mass is 506 g/mol. The number of rotatable bonds is 6. The molecule has 37 heavy (non-hydrogen) atoms. The number of nitrogens with one attached hydrogen (secondary N) is 1. The van der Waals surface area contributed by atoms with Gasteiger partial charge in [0.05, 0.1) is 13.7 Å². The molecule has 1 amide bonds. The van der Waals surface area contributed by atoms with Gasteiger partial charge in [0.25, 0.3) is 5.91 Å². The molecule has 0 bridgehead atoms. The number of amides is 1. The quantitative estimate of drug-likeness (QED) is 0.587. The standard InChI is InChI=1S/C30H38N2O5/c1-18-8-7-10-20-13-23(35-27(18)20)17-32(16-22-12-19-9-5-6-11-24(19)31-22)29(33)21-14-25(34-4)28-26(15-21)36-30(2,3)37-28/h7-8,10,13-15,18-19,22,24,27,31H,5-6,9,11-12,16-17H2,1-4H3/t18?,19-,22-,24-,27?/m0/s1. The molecule has 3 heterocycles. The van der Waals surface area contributed by atoms with Crippen molar-refractivity contribution >= 4 is 5.91 Å². The van der Waals surface area contributed by atoms with Crippen LogP contribution < -0.4 is 19.5 Å². The van der Waals surface area contributed by atoms with E-state index in [1.807, 2.05) is 18.7 Å². The van der Waals surface area contributed by atoms with Crippen molar-refractivity contribution in [3.8, 4) is 17.2 Å². The highest BCUT2D eigenvalue weighted by molar-refractivity contribution is 5.96. The first-order valence-corrected chi connectivity index (χ1v) is 13.7. The first kappa shape index (κ1) is 24.4. The Morgan fingerprint density at radius 2 is 2.05 bits per heavy atom. The van der Waals surface area contributed by atoms with Gasteiger partial charge in [-0.15, -0.1) is 0 Å². The van der Waals surface area contributed by atoms with Crippen LogP contribution in [0.25, 0.3) is 0 Å². The average molecular weight is 507 g/mol. The minimum atomic E-state index is -0.807. The van der Waals surface area contributed by atoms with E-state index in [1.165, 1.54) is 31.3 Å². The largest absolute Gasteiger partial charge is 0.493 e. The third-order valence-electron chi connectivity index (χ3n) is 8.33. The van der Waals surface area contributed by atoms with Crippen molar-refractivity contribution in [1.29, 1.82) is 0 Å². The number of nitrogens with zero attached hydrogens (tertiary/aromatic N) is 1. The molecule has 2 unspecified atom stereocenters. The molecular weight excluding hydrogens is 468 g/mol. The molecule has 7 nitrogen and oxygen atoms in total. The van der Waals surface area contributed by atoms with Gasteiger partial charge in [-0.1, -0.05) is 38.0 Å². The Balaban J connectivity index is 1.27. The molecular formula is C30H38N2O5. The first-order valence-electron chi connectivity index (χ1n) is 13.7. The smallest absolute Gasteiger partial charge is 0.254 e. The predicted octanol–water partition coefficient (Wildman–Crippen LogP) is 4.98. The van der Waals surface area contributed by atoms with Gasteiger partial charge in [0.15, 0.2) is 11.5 Å². The van der Waals surface area contributed by atoms with Gasteiger partial charge in [-0.05, 0) is 49.0 Å². The van der Waals surface area contributed by atoms with Crippen LogP contribution in [-0.4, -0.2) is 55.0 Å². The number of carbonyl (C=O) groups excluding carboxylic acids is 1. The van der Waals surface area contributed by atoms with Crippen molar-refractivity contribution in [2.45, 2.75) is 76.9 Å². The fourth-order valence-electron chi connectivity index (χ4n) is 6.60. The van der Waals surface area contributed by atoms with Crippen LogP contribution in [0.1, 0.15) is 63.2 Å². The van der Waals surface area contributed by atoms with Crippen LogP contribution in [0.3, 0.4) is 0 Å². The number of ether oxygens (including phenoxy) is 4. The fourth-order valence-corrected chi connectivity index (χ4v) is 6.60. The fraction of sp³-hybridized carbons (Fsp3) is 0.567. The van der Waals surface area contributed by atoms with Crippen LogP contribution in [0.4, 0.5) is 0 Å². The maximum absolute atomic E-state index is 14.1. The Morgan fingerprint density at radius 3 is 2.84 bits per heavy atom. The summed E-state index contributed by atoms with van der Waals surface area (Å²) < 4.78 is 23.8. The van der Waals surface area contributed by atoms with Gasteiger partial charge in [0, 0.05) is 44.0 Å². The molecule has 1 N–H and O–H groups in total. The second kappa shape index (κ2) is 9.43. The normalized spacial score (nSPS) is 30.6. The van der Waals surface area contributed by atoms with Crippen LogP contribution >= 0.6 is 0 Å². The summed E-state index contributed by atoms with van der Waals surface area (Å²) >= 11 is 0. The van der Waals surface area contributed by atoms with Crippen molar-refractivity contribution in [2.75, 3.05) is 20.2 Å². The lowest BCUT2D eigenvalue weighted by atomic mass is 9.85. The lowest BCUT2D eigenvalue weighted by Crippen LogP contribution is -2.44. The van der Waals surface area contributed by atoms with E-state index >= 15 is 0 Å². The maximum Gasteiger partial charge on any atom is 0.254 e.